The van der Waals surface area contributed by atoms with Gasteiger partial charge in [-0.25, -0.2) is 4.79 Å². The van der Waals surface area contributed by atoms with Crippen LogP contribution in [-0.2, 0) is 6.61 Å². The van der Waals surface area contributed by atoms with Crippen molar-refractivity contribution in [1.29, 1.82) is 0 Å². The fraction of sp³-hybridized carbons (Fsp3) is 0.154. The van der Waals surface area contributed by atoms with Crippen molar-refractivity contribution >= 4 is 17.5 Å². The molecule has 1 heterocycles. The Hall–Kier alpha value is -2.01. The van der Waals surface area contributed by atoms with Crippen LogP contribution in [0.15, 0.2) is 35.7 Å². The molecule has 0 spiro atoms. The highest BCUT2D eigenvalue weighted by atomic mass is 32.1. The Morgan fingerprint density at radius 2 is 2.11 bits per heavy atom. The van der Waals surface area contributed by atoms with Gasteiger partial charge in [0.15, 0.2) is 5.06 Å². The minimum absolute atomic E-state index is 0.289. The highest BCUT2D eigenvalue weighted by molar-refractivity contribution is 7.12. The van der Waals surface area contributed by atoms with Crippen LogP contribution in [0.1, 0.15) is 11.1 Å². The average Bonchev–Trinajstić information content (AvgIpc) is 2.75. The maximum absolute atomic E-state index is 10.5. The SMILES string of the molecule is Cc1ccccc1OCc1ccsc1OC(=O)O. The molecule has 0 aliphatic heterocycles. The summed E-state index contributed by atoms with van der Waals surface area (Å²) in [5.74, 6) is 0.782. The van der Waals surface area contributed by atoms with Crippen molar-refractivity contribution in [3.8, 4) is 10.8 Å². The number of aryl methyl sites for hydroxylation is 1. The topological polar surface area (TPSA) is 55.8 Å². The number of carboxylic acid groups (broad SMARTS) is 1. The van der Waals surface area contributed by atoms with Crippen molar-refractivity contribution in [2.75, 3.05) is 0 Å². The van der Waals surface area contributed by atoms with Gasteiger partial charge in [-0.15, -0.1) is 11.3 Å². The Balaban J connectivity index is 2.05. The molecular formula is C13H12O4S. The van der Waals surface area contributed by atoms with Crippen LogP contribution in [0.3, 0.4) is 0 Å². The van der Waals surface area contributed by atoms with E-state index in [1.807, 2.05) is 31.2 Å². The largest absolute Gasteiger partial charge is 0.512 e. The zero-order valence-corrected chi connectivity index (χ0v) is 10.6. The summed E-state index contributed by atoms with van der Waals surface area (Å²) in [6.45, 7) is 2.24. The first-order chi connectivity index (χ1) is 8.66. The summed E-state index contributed by atoms with van der Waals surface area (Å²) in [5.41, 5.74) is 1.76. The predicted molar refractivity (Wildman–Crippen MR) is 68.5 cm³/mol. The first-order valence-electron chi connectivity index (χ1n) is 5.32. The molecule has 0 radical (unpaired) electrons. The van der Waals surface area contributed by atoms with Crippen LogP contribution in [0.5, 0.6) is 10.8 Å². The number of benzene rings is 1. The van der Waals surface area contributed by atoms with E-state index in [0.29, 0.717) is 5.06 Å². The summed E-state index contributed by atoms with van der Waals surface area (Å²) in [5, 5.41) is 10.7. The van der Waals surface area contributed by atoms with E-state index in [-0.39, 0.29) is 6.61 Å². The quantitative estimate of drug-likeness (QED) is 0.855. The standard InChI is InChI=1S/C13H12O4S/c1-9-4-2-3-5-11(9)16-8-10-6-7-18-12(10)17-13(14)15/h2-7H,8H2,1H3,(H,14,15). The molecule has 0 amide bonds. The van der Waals surface area contributed by atoms with E-state index in [4.69, 9.17) is 9.84 Å². The molecule has 94 valence electrons. The third kappa shape index (κ3) is 3.01. The minimum atomic E-state index is -1.31. The maximum atomic E-state index is 10.5. The lowest BCUT2D eigenvalue weighted by atomic mass is 10.2. The first kappa shape index (κ1) is 12.4. The summed E-state index contributed by atoms with van der Waals surface area (Å²) in [4.78, 5) is 10.5. The number of carbonyl (C=O) groups is 1. The van der Waals surface area contributed by atoms with E-state index in [1.54, 1.807) is 11.4 Å². The van der Waals surface area contributed by atoms with E-state index in [2.05, 4.69) is 4.74 Å². The molecule has 0 aliphatic carbocycles. The second-order valence-electron chi connectivity index (χ2n) is 3.66. The number of para-hydroxylation sites is 1. The smallest absolute Gasteiger partial charge is 0.488 e. The molecule has 0 saturated heterocycles. The van der Waals surface area contributed by atoms with E-state index in [1.165, 1.54) is 11.3 Å². The number of hydrogen-bond acceptors (Lipinski definition) is 4. The van der Waals surface area contributed by atoms with Crippen LogP contribution in [-0.4, -0.2) is 11.3 Å². The molecule has 2 rings (SSSR count). The summed E-state index contributed by atoms with van der Waals surface area (Å²) < 4.78 is 10.3. The van der Waals surface area contributed by atoms with Gasteiger partial charge >= 0.3 is 6.16 Å². The Kier molecular flexibility index (Phi) is 3.84. The first-order valence-corrected chi connectivity index (χ1v) is 6.20. The molecule has 0 aliphatic rings. The third-order valence-electron chi connectivity index (χ3n) is 2.36. The second kappa shape index (κ2) is 5.55. The Morgan fingerprint density at radius 3 is 2.83 bits per heavy atom. The van der Waals surface area contributed by atoms with Gasteiger partial charge < -0.3 is 14.6 Å². The molecule has 0 fully saturated rings. The molecule has 0 atom stereocenters. The Morgan fingerprint density at radius 1 is 1.33 bits per heavy atom. The monoisotopic (exact) mass is 264 g/mol. The summed E-state index contributed by atoms with van der Waals surface area (Å²) in [7, 11) is 0. The van der Waals surface area contributed by atoms with Gasteiger partial charge in [0, 0.05) is 5.56 Å². The molecule has 0 saturated carbocycles. The van der Waals surface area contributed by atoms with Crippen molar-refractivity contribution in [1.82, 2.24) is 0 Å². The van der Waals surface area contributed by atoms with Gasteiger partial charge in [0.05, 0.1) is 0 Å². The van der Waals surface area contributed by atoms with Gasteiger partial charge in [-0.3, -0.25) is 0 Å². The second-order valence-corrected chi connectivity index (χ2v) is 4.53. The molecule has 1 aromatic heterocycles. The van der Waals surface area contributed by atoms with E-state index >= 15 is 0 Å². The molecule has 4 nitrogen and oxygen atoms in total. The van der Waals surface area contributed by atoms with Crippen molar-refractivity contribution < 1.29 is 19.4 Å². The highest BCUT2D eigenvalue weighted by Gasteiger charge is 2.10. The molecule has 0 bridgehead atoms. The summed E-state index contributed by atoms with van der Waals surface area (Å²) in [6.07, 6.45) is -1.31. The zero-order chi connectivity index (χ0) is 13.0. The van der Waals surface area contributed by atoms with Gasteiger partial charge in [0.25, 0.3) is 0 Å². The van der Waals surface area contributed by atoms with Crippen molar-refractivity contribution in [3.63, 3.8) is 0 Å². The van der Waals surface area contributed by atoms with Gasteiger partial charge in [-0.1, -0.05) is 18.2 Å². The lowest BCUT2D eigenvalue weighted by molar-refractivity contribution is 0.145. The van der Waals surface area contributed by atoms with E-state index in [9.17, 15) is 4.79 Å². The molecule has 0 unspecified atom stereocenters. The molecular weight excluding hydrogens is 252 g/mol. The molecule has 18 heavy (non-hydrogen) atoms. The third-order valence-corrected chi connectivity index (χ3v) is 3.20. The molecule has 2 aromatic rings. The normalized spacial score (nSPS) is 10.1. The van der Waals surface area contributed by atoms with Crippen molar-refractivity contribution in [2.45, 2.75) is 13.5 Å². The van der Waals surface area contributed by atoms with Crippen LogP contribution in [0.4, 0.5) is 4.79 Å². The average molecular weight is 264 g/mol. The Bertz CT molecular complexity index is 547. The fourth-order valence-electron chi connectivity index (χ4n) is 1.47. The van der Waals surface area contributed by atoms with E-state index in [0.717, 1.165) is 16.9 Å². The van der Waals surface area contributed by atoms with Gasteiger partial charge in [0.1, 0.15) is 12.4 Å². The number of thiophene rings is 1. The van der Waals surface area contributed by atoms with Crippen LogP contribution < -0.4 is 9.47 Å². The van der Waals surface area contributed by atoms with Crippen molar-refractivity contribution in [3.05, 3.63) is 46.8 Å². The highest BCUT2D eigenvalue weighted by Crippen LogP contribution is 2.28. The molecule has 5 heteroatoms. The minimum Gasteiger partial charge on any atom is -0.488 e. The lowest BCUT2D eigenvalue weighted by Crippen LogP contribution is -2.04. The van der Waals surface area contributed by atoms with Crippen LogP contribution in [0, 0.1) is 6.92 Å². The lowest BCUT2D eigenvalue weighted by Gasteiger charge is -2.08. The van der Waals surface area contributed by atoms with Gasteiger partial charge in [-0.2, -0.15) is 0 Å². The number of ether oxygens (including phenoxy) is 2. The Labute approximate surface area is 108 Å². The fourth-order valence-corrected chi connectivity index (χ4v) is 2.23. The van der Waals surface area contributed by atoms with Gasteiger partial charge in [-0.05, 0) is 30.0 Å². The number of rotatable bonds is 4. The van der Waals surface area contributed by atoms with Crippen LogP contribution in [0.25, 0.3) is 0 Å². The molecule has 1 N–H and O–H groups in total. The van der Waals surface area contributed by atoms with Crippen LogP contribution >= 0.6 is 11.3 Å². The van der Waals surface area contributed by atoms with Crippen molar-refractivity contribution in [2.24, 2.45) is 0 Å². The molecule has 1 aromatic carbocycles. The van der Waals surface area contributed by atoms with E-state index < -0.39 is 6.16 Å². The predicted octanol–water partition coefficient (Wildman–Crippen LogP) is 3.69. The summed E-state index contributed by atoms with van der Waals surface area (Å²) in [6, 6.07) is 9.45. The summed E-state index contributed by atoms with van der Waals surface area (Å²) >= 11 is 1.23. The van der Waals surface area contributed by atoms with Crippen LogP contribution in [0.2, 0.25) is 0 Å². The maximum Gasteiger partial charge on any atom is 0.512 e. The zero-order valence-electron chi connectivity index (χ0n) is 9.75. The number of hydrogen-bond donors (Lipinski definition) is 1. The van der Waals surface area contributed by atoms with Gasteiger partial charge in [0.2, 0.25) is 0 Å².